The van der Waals surface area contributed by atoms with E-state index in [9.17, 15) is 4.79 Å². The third kappa shape index (κ3) is 1.84. The van der Waals surface area contributed by atoms with E-state index in [2.05, 4.69) is 9.97 Å². The van der Waals surface area contributed by atoms with Crippen molar-refractivity contribution >= 4 is 17.7 Å². The molecule has 0 amide bonds. The molecule has 1 aromatic rings. The van der Waals surface area contributed by atoms with Crippen LogP contribution >= 0.6 is 11.8 Å². The van der Waals surface area contributed by atoms with E-state index >= 15 is 0 Å². The number of aromatic nitrogens is 2. The molecule has 15 heavy (non-hydrogen) atoms. The number of fused-ring (bicyclic) bond motifs is 1. The number of methoxy groups -OCH3 is 1. The minimum atomic E-state index is -0.186. The van der Waals surface area contributed by atoms with Crippen LogP contribution in [0.15, 0.2) is 11.4 Å². The van der Waals surface area contributed by atoms with Gasteiger partial charge in [0.05, 0.1) is 13.0 Å². The first-order valence-corrected chi connectivity index (χ1v) is 5.96. The van der Waals surface area contributed by atoms with Gasteiger partial charge in [0.1, 0.15) is 0 Å². The molecule has 0 saturated carbocycles. The van der Waals surface area contributed by atoms with Crippen molar-refractivity contribution in [2.75, 3.05) is 13.4 Å². The molecule has 0 saturated heterocycles. The summed E-state index contributed by atoms with van der Waals surface area (Å²) in [5.41, 5.74) is 1.92. The van der Waals surface area contributed by atoms with Gasteiger partial charge in [0.15, 0.2) is 5.16 Å². The number of carbonyl (C=O) groups is 1. The minimum Gasteiger partial charge on any atom is -0.469 e. The highest BCUT2D eigenvalue weighted by atomic mass is 32.2. The maximum atomic E-state index is 11.4. The van der Waals surface area contributed by atoms with Crippen molar-refractivity contribution in [3.63, 3.8) is 0 Å². The first kappa shape index (κ1) is 10.4. The topological polar surface area (TPSA) is 52.1 Å². The van der Waals surface area contributed by atoms with E-state index < -0.39 is 0 Å². The first-order valence-electron chi connectivity index (χ1n) is 4.74. The Bertz CT molecular complexity index is 395. The second-order valence-corrected chi connectivity index (χ2v) is 4.15. The number of aryl methyl sites for hydroxylation is 1. The zero-order chi connectivity index (χ0) is 10.8. The van der Waals surface area contributed by atoms with E-state index in [0.717, 1.165) is 29.3 Å². The lowest BCUT2D eigenvalue weighted by atomic mass is 10.1. The van der Waals surface area contributed by atoms with Crippen LogP contribution in [0.25, 0.3) is 0 Å². The average Bonchev–Trinajstić information content (AvgIpc) is 2.70. The quantitative estimate of drug-likeness (QED) is 0.432. The fourth-order valence-corrected chi connectivity index (χ4v) is 2.18. The van der Waals surface area contributed by atoms with Crippen molar-refractivity contribution in [2.45, 2.75) is 23.9 Å². The Morgan fingerprint density at radius 1 is 1.67 bits per heavy atom. The van der Waals surface area contributed by atoms with Gasteiger partial charge in [-0.1, -0.05) is 11.8 Å². The summed E-state index contributed by atoms with van der Waals surface area (Å²) in [5.74, 6) is -0.352. The molecule has 1 aromatic heterocycles. The van der Waals surface area contributed by atoms with Gasteiger partial charge in [0.25, 0.3) is 0 Å². The summed E-state index contributed by atoms with van der Waals surface area (Å²) in [6.07, 6.45) is 5.32. The Morgan fingerprint density at radius 3 is 3.13 bits per heavy atom. The van der Waals surface area contributed by atoms with E-state index in [1.54, 1.807) is 6.20 Å². The van der Waals surface area contributed by atoms with Crippen LogP contribution in [-0.2, 0) is 16.0 Å². The molecule has 1 aliphatic carbocycles. The van der Waals surface area contributed by atoms with Gasteiger partial charge in [0.2, 0.25) is 0 Å². The summed E-state index contributed by atoms with van der Waals surface area (Å²) in [7, 11) is 1.41. The van der Waals surface area contributed by atoms with Crippen molar-refractivity contribution in [2.24, 2.45) is 0 Å². The van der Waals surface area contributed by atoms with Crippen LogP contribution in [0.4, 0.5) is 0 Å². The lowest BCUT2D eigenvalue weighted by Crippen LogP contribution is -2.11. The third-order valence-corrected chi connectivity index (χ3v) is 3.15. The zero-order valence-corrected chi connectivity index (χ0v) is 9.50. The molecule has 0 spiro atoms. The van der Waals surface area contributed by atoms with E-state index in [-0.39, 0.29) is 11.9 Å². The summed E-state index contributed by atoms with van der Waals surface area (Å²) in [6, 6.07) is 0. The lowest BCUT2D eigenvalue weighted by molar-refractivity contribution is -0.142. The predicted molar refractivity (Wildman–Crippen MR) is 56.9 cm³/mol. The third-order valence-electron chi connectivity index (χ3n) is 2.59. The molecule has 0 aliphatic heterocycles. The molecular formula is C10H12N2O2S. The molecule has 0 fully saturated rings. The summed E-state index contributed by atoms with van der Waals surface area (Å²) in [4.78, 5) is 20.0. The van der Waals surface area contributed by atoms with E-state index in [1.165, 1.54) is 18.9 Å². The van der Waals surface area contributed by atoms with Crippen LogP contribution in [0.5, 0.6) is 0 Å². The Labute approximate surface area is 92.5 Å². The zero-order valence-electron chi connectivity index (χ0n) is 8.69. The summed E-state index contributed by atoms with van der Waals surface area (Å²) >= 11 is 1.51. The standard InChI is InChI=1S/C10H12N2O2S/c1-14-9(13)6-3-4-8-7(6)5-11-10(12-8)15-2/h5-6H,3-4H2,1-2H3. The van der Waals surface area contributed by atoms with Gasteiger partial charge in [-0.05, 0) is 19.1 Å². The Kier molecular flexibility index (Phi) is 2.90. The monoisotopic (exact) mass is 224 g/mol. The van der Waals surface area contributed by atoms with Gasteiger partial charge in [-0.2, -0.15) is 0 Å². The molecule has 2 rings (SSSR count). The summed E-state index contributed by atoms with van der Waals surface area (Å²) in [6.45, 7) is 0. The van der Waals surface area contributed by atoms with Gasteiger partial charge < -0.3 is 4.74 Å². The largest absolute Gasteiger partial charge is 0.469 e. The van der Waals surface area contributed by atoms with Gasteiger partial charge in [0, 0.05) is 17.5 Å². The maximum absolute atomic E-state index is 11.4. The van der Waals surface area contributed by atoms with E-state index in [1.807, 2.05) is 6.26 Å². The molecule has 80 valence electrons. The van der Waals surface area contributed by atoms with Crippen LogP contribution in [-0.4, -0.2) is 29.3 Å². The van der Waals surface area contributed by atoms with Gasteiger partial charge in [-0.25, -0.2) is 9.97 Å². The molecule has 1 heterocycles. The average molecular weight is 224 g/mol. The highest BCUT2D eigenvalue weighted by Crippen LogP contribution is 2.32. The minimum absolute atomic E-state index is 0.166. The number of hydrogen-bond acceptors (Lipinski definition) is 5. The summed E-state index contributed by atoms with van der Waals surface area (Å²) < 4.78 is 4.75. The van der Waals surface area contributed by atoms with Crippen LogP contribution in [0.1, 0.15) is 23.6 Å². The SMILES string of the molecule is COC(=O)C1CCc2nc(SC)ncc21. The molecule has 1 unspecified atom stereocenters. The van der Waals surface area contributed by atoms with Crippen LogP contribution in [0.3, 0.4) is 0 Å². The molecule has 1 atom stereocenters. The smallest absolute Gasteiger partial charge is 0.313 e. The molecule has 4 nitrogen and oxygen atoms in total. The van der Waals surface area contributed by atoms with Crippen molar-refractivity contribution in [1.29, 1.82) is 0 Å². The normalized spacial score (nSPS) is 18.7. The highest BCUT2D eigenvalue weighted by Gasteiger charge is 2.30. The lowest BCUT2D eigenvalue weighted by Gasteiger charge is -2.07. The molecule has 0 aromatic carbocycles. The first-order chi connectivity index (χ1) is 7.26. The number of carbonyl (C=O) groups excluding carboxylic acids is 1. The molecule has 5 heteroatoms. The van der Waals surface area contributed by atoms with Crippen molar-refractivity contribution in [1.82, 2.24) is 9.97 Å². The van der Waals surface area contributed by atoms with Crippen LogP contribution < -0.4 is 0 Å². The molecular weight excluding hydrogens is 212 g/mol. The van der Waals surface area contributed by atoms with Crippen LogP contribution in [0, 0.1) is 0 Å². The number of nitrogens with zero attached hydrogens (tertiary/aromatic N) is 2. The number of esters is 1. The predicted octanol–water partition coefficient (Wildman–Crippen LogP) is 1.40. The fourth-order valence-electron chi connectivity index (χ4n) is 1.82. The maximum Gasteiger partial charge on any atom is 0.313 e. The second kappa shape index (κ2) is 4.18. The van der Waals surface area contributed by atoms with Crippen molar-refractivity contribution in [3.05, 3.63) is 17.5 Å². The Morgan fingerprint density at radius 2 is 2.47 bits per heavy atom. The molecule has 0 bridgehead atoms. The van der Waals surface area contributed by atoms with Gasteiger partial charge in [-0.15, -0.1) is 0 Å². The second-order valence-electron chi connectivity index (χ2n) is 3.37. The molecule has 1 aliphatic rings. The number of hydrogen-bond donors (Lipinski definition) is 0. The number of thioether (sulfide) groups is 1. The Balaban J connectivity index is 2.32. The Hall–Kier alpha value is -1.10. The highest BCUT2D eigenvalue weighted by molar-refractivity contribution is 7.98. The van der Waals surface area contributed by atoms with E-state index in [4.69, 9.17) is 4.74 Å². The number of ether oxygens (including phenoxy) is 1. The van der Waals surface area contributed by atoms with Gasteiger partial charge >= 0.3 is 5.97 Å². The molecule has 0 N–H and O–H groups in total. The van der Waals surface area contributed by atoms with Gasteiger partial charge in [-0.3, -0.25) is 4.79 Å². The number of rotatable bonds is 2. The fraction of sp³-hybridized carbons (Fsp3) is 0.500. The van der Waals surface area contributed by atoms with Crippen LogP contribution in [0.2, 0.25) is 0 Å². The van der Waals surface area contributed by atoms with E-state index in [0.29, 0.717) is 0 Å². The molecule has 0 radical (unpaired) electrons. The van der Waals surface area contributed by atoms with Crippen molar-refractivity contribution < 1.29 is 9.53 Å². The summed E-state index contributed by atoms with van der Waals surface area (Å²) in [5, 5.41) is 0.763. The van der Waals surface area contributed by atoms with Crippen molar-refractivity contribution in [3.8, 4) is 0 Å².